The molecule has 144 valence electrons. The number of primary sulfonamides is 1. The van der Waals surface area contributed by atoms with Gasteiger partial charge in [-0.3, -0.25) is 9.69 Å². The van der Waals surface area contributed by atoms with Crippen LogP contribution in [0.4, 0.5) is 5.69 Å². The van der Waals surface area contributed by atoms with E-state index < -0.39 is 10.0 Å². The molecular weight excluding hydrogens is 362 g/mol. The average Bonchev–Trinajstić information content (AvgIpc) is 2.66. The zero-order valence-electron chi connectivity index (χ0n) is 15.5. The van der Waals surface area contributed by atoms with Gasteiger partial charge in [0, 0.05) is 38.3 Å². The molecule has 0 unspecified atom stereocenters. The number of nitrogens with two attached hydrogens (primary N) is 1. The summed E-state index contributed by atoms with van der Waals surface area (Å²) in [5.41, 5.74) is 2.24. The largest absolute Gasteiger partial charge is 0.368 e. The molecule has 27 heavy (non-hydrogen) atoms. The van der Waals surface area contributed by atoms with E-state index in [9.17, 15) is 13.2 Å². The molecular formula is C20H25N3O3S. The number of sulfonamides is 1. The number of carbonyl (C=O) groups excluding carboxylic acids is 1. The highest BCUT2D eigenvalue weighted by molar-refractivity contribution is 7.89. The van der Waals surface area contributed by atoms with Crippen molar-refractivity contribution in [1.82, 2.24) is 4.90 Å². The van der Waals surface area contributed by atoms with Crippen molar-refractivity contribution in [2.45, 2.75) is 18.2 Å². The molecule has 1 heterocycles. The second-order valence-electron chi connectivity index (χ2n) is 6.85. The monoisotopic (exact) mass is 387 g/mol. The van der Waals surface area contributed by atoms with E-state index in [-0.39, 0.29) is 10.7 Å². The van der Waals surface area contributed by atoms with E-state index in [1.54, 1.807) is 12.1 Å². The van der Waals surface area contributed by atoms with Gasteiger partial charge in [0.25, 0.3) is 0 Å². The van der Waals surface area contributed by atoms with E-state index in [0.717, 1.165) is 39.1 Å². The minimum absolute atomic E-state index is 0.0212. The van der Waals surface area contributed by atoms with Crippen LogP contribution < -0.4 is 10.0 Å². The molecule has 7 heteroatoms. The molecule has 6 nitrogen and oxygen atoms in total. The summed E-state index contributed by atoms with van der Waals surface area (Å²) in [7, 11) is -3.91. The van der Waals surface area contributed by atoms with Crippen LogP contribution >= 0.6 is 0 Å². The number of piperazine rings is 1. The maximum Gasteiger partial charge on any atom is 0.240 e. The van der Waals surface area contributed by atoms with Gasteiger partial charge >= 0.3 is 0 Å². The van der Waals surface area contributed by atoms with Gasteiger partial charge in [-0.15, -0.1) is 0 Å². The Labute approximate surface area is 160 Å². The first kappa shape index (κ1) is 19.5. The average molecular weight is 388 g/mol. The summed E-state index contributed by atoms with van der Waals surface area (Å²) in [6.45, 7) is 5.53. The van der Waals surface area contributed by atoms with Gasteiger partial charge in [0.2, 0.25) is 10.0 Å². The molecule has 0 saturated carbocycles. The minimum atomic E-state index is -3.91. The SMILES string of the molecule is CC(=O)c1ccc(N2CCN(CCc3ccccc3)CC2)c(S(N)(=O)=O)c1. The Hall–Kier alpha value is -2.22. The molecule has 2 N–H and O–H groups in total. The van der Waals surface area contributed by atoms with E-state index in [1.165, 1.54) is 18.6 Å². The van der Waals surface area contributed by atoms with Crippen LogP contribution in [-0.2, 0) is 16.4 Å². The van der Waals surface area contributed by atoms with Crippen LogP contribution in [0, 0.1) is 0 Å². The fourth-order valence-electron chi connectivity index (χ4n) is 3.37. The molecule has 1 saturated heterocycles. The maximum absolute atomic E-state index is 12.0. The first-order chi connectivity index (χ1) is 12.8. The molecule has 0 aromatic heterocycles. The quantitative estimate of drug-likeness (QED) is 0.766. The van der Waals surface area contributed by atoms with E-state index in [2.05, 4.69) is 17.0 Å². The highest BCUT2D eigenvalue weighted by atomic mass is 32.2. The van der Waals surface area contributed by atoms with Crippen molar-refractivity contribution in [3.63, 3.8) is 0 Å². The van der Waals surface area contributed by atoms with E-state index in [1.807, 2.05) is 23.1 Å². The van der Waals surface area contributed by atoms with Crippen LogP contribution in [0.2, 0.25) is 0 Å². The Kier molecular flexibility index (Phi) is 5.94. The highest BCUT2D eigenvalue weighted by Crippen LogP contribution is 2.27. The second-order valence-corrected chi connectivity index (χ2v) is 8.38. The maximum atomic E-state index is 12.0. The van der Waals surface area contributed by atoms with Crippen molar-refractivity contribution in [3.05, 3.63) is 59.7 Å². The van der Waals surface area contributed by atoms with E-state index in [4.69, 9.17) is 5.14 Å². The summed E-state index contributed by atoms with van der Waals surface area (Å²) < 4.78 is 24.0. The van der Waals surface area contributed by atoms with Gasteiger partial charge in [0.05, 0.1) is 5.69 Å². The third-order valence-electron chi connectivity index (χ3n) is 4.95. The molecule has 0 aliphatic carbocycles. The molecule has 3 rings (SSSR count). The Bertz CT molecular complexity index is 905. The zero-order valence-corrected chi connectivity index (χ0v) is 16.3. The van der Waals surface area contributed by atoms with Crippen molar-refractivity contribution in [2.24, 2.45) is 5.14 Å². The summed E-state index contributed by atoms with van der Waals surface area (Å²) in [6.07, 6.45) is 0.997. The van der Waals surface area contributed by atoms with Crippen LogP contribution in [0.15, 0.2) is 53.4 Å². The fourth-order valence-corrected chi connectivity index (χ4v) is 4.15. The lowest BCUT2D eigenvalue weighted by Gasteiger charge is -2.36. The van der Waals surface area contributed by atoms with Crippen LogP contribution in [0.5, 0.6) is 0 Å². The molecule has 0 atom stereocenters. The third-order valence-corrected chi connectivity index (χ3v) is 5.89. The van der Waals surface area contributed by atoms with Crippen LogP contribution in [0.3, 0.4) is 0 Å². The Morgan fingerprint density at radius 3 is 2.30 bits per heavy atom. The van der Waals surface area contributed by atoms with Gasteiger partial charge in [-0.05, 0) is 37.1 Å². The number of hydrogen-bond donors (Lipinski definition) is 1. The number of carbonyl (C=O) groups is 1. The lowest BCUT2D eigenvalue weighted by Crippen LogP contribution is -2.47. The molecule has 1 aliphatic rings. The molecule has 0 bridgehead atoms. The Balaban J connectivity index is 1.68. The van der Waals surface area contributed by atoms with Crippen LogP contribution in [0.25, 0.3) is 0 Å². The molecule has 1 fully saturated rings. The number of anilines is 1. The lowest BCUT2D eigenvalue weighted by molar-refractivity contribution is 0.101. The predicted octanol–water partition coefficient (Wildman–Crippen LogP) is 1.90. The summed E-state index contributed by atoms with van der Waals surface area (Å²) in [4.78, 5) is 16.0. The lowest BCUT2D eigenvalue weighted by atomic mass is 10.1. The first-order valence-electron chi connectivity index (χ1n) is 9.03. The van der Waals surface area contributed by atoms with E-state index >= 15 is 0 Å². The Morgan fingerprint density at radius 1 is 1.04 bits per heavy atom. The van der Waals surface area contributed by atoms with Gasteiger partial charge < -0.3 is 4.90 Å². The van der Waals surface area contributed by atoms with Crippen molar-refractivity contribution in [2.75, 3.05) is 37.6 Å². The predicted molar refractivity (Wildman–Crippen MR) is 107 cm³/mol. The number of ketones is 1. The van der Waals surface area contributed by atoms with Gasteiger partial charge in [-0.25, -0.2) is 13.6 Å². The van der Waals surface area contributed by atoms with Crippen molar-refractivity contribution < 1.29 is 13.2 Å². The second kappa shape index (κ2) is 8.21. The highest BCUT2D eigenvalue weighted by Gasteiger charge is 2.23. The van der Waals surface area contributed by atoms with Gasteiger partial charge in [0.15, 0.2) is 5.78 Å². The number of hydrogen-bond acceptors (Lipinski definition) is 5. The summed E-state index contributed by atoms with van der Waals surface area (Å²) in [6, 6.07) is 15.1. The van der Waals surface area contributed by atoms with Crippen molar-refractivity contribution in [3.8, 4) is 0 Å². The van der Waals surface area contributed by atoms with Crippen LogP contribution in [-0.4, -0.2) is 51.8 Å². The van der Waals surface area contributed by atoms with Crippen LogP contribution in [0.1, 0.15) is 22.8 Å². The molecule has 0 radical (unpaired) electrons. The zero-order chi connectivity index (χ0) is 19.4. The van der Waals surface area contributed by atoms with Crippen molar-refractivity contribution in [1.29, 1.82) is 0 Å². The van der Waals surface area contributed by atoms with Crippen molar-refractivity contribution >= 4 is 21.5 Å². The van der Waals surface area contributed by atoms with Gasteiger partial charge in [-0.1, -0.05) is 30.3 Å². The van der Waals surface area contributed by atoms with E-state index in [0.29, 0.717) is 11.3 Å². The molecule has 1 aliphatic heterocycles. The summed E-state index contributed by atoms with van der Waals surface area (Å²) in [5.74, 6) is -0.183. The molecule has 2 aromatic rings. The topological polar surface area (TPSA) is 83.7 Å². The third kappa shape index (κ3) is 4.94. The van der Waals surface area contributed by atoms with Gasteiger partial charge in [0.1, 0.15) is 4.90 Å². The summed E-state index contributed by atoms with van der Waals surface area (Å²) in [5, 5.41) is 5.40. The normalized spacial score (nSPS) is 15.7. The molecule has 0 spiro atoms. The minimum Gasteiger partial charge on any atom is -0.368 e. The summed E-state index contributed by atoms with van der Waals surface area (Å²) >= 11 is 0. The van der Waals surface area contributed by atoms with Gasteiger partial charge in [-0.2, -0.15) is 0 Å². The number of rotatable bonds is 6. The number of nitrogens with zero attached hydrogens (tertiary/aromatic N) is 2. The number of benzene rings is 2. The smallest absolute Gasteiger partial charge is 0.240 e. The Morgan fingerprint density at radius 2 is 1.70 bits per heavy atom. The number of Topliss-reactive ketones (excluding diaryl/α,β-unsaturated/α-hetero) is 1. The first-order valence-corrected chi connectivity index (χ1v) is 10.6. The molecule has 0 amide bonds. The molecule has 2 aromatic carbocycles. The standard InChI is InChI=1S/C20H25N3O3S/c1-16(24)18-7-8-19(20(15-18)27(21,25)26)23-13-11-22(12-14-23)10-9-17-5-3-2-4-6-17/h2-8,15H,9-14H2,1H3,(H2,21,25,26). The fraction of sp³-hybridized carbons (Fsp3) is 0.350.